The number of hydrogen-bond acceptors (Lipinski definition) is 4. The average molecular weight is 268 g/mol. The van der Waals surface area contributed by atoms with Crippen LogP contribution in [0.3, 0.4) is 0 Å². The molecule has 2 heterocycles. The van der Waals surface area contributed by atoms with E-state index in [1.807, 2.05) is 35.2 Å². The van der Waals surface area contributed by atoms with Crippen LogP contribution >= 0.6 is 0 Å². The molecule has 0 unspecified atom stereocenters. The van der Waals surface area contributed by atoms with Crippen LogP contribution in [-0.4, -0.2) is 34.1 Å². The third-order valence-corrected chi connectivity index (χ3v) is 3.32. The van der Waals surface area contributed by atoms with Crippen molar-refractivity contribution in [3.63, 3.8) is 0 Å². The Hall–Kier alpha value is -2.43. The lowest BCUT2D eigenvalue weighted by Crippen LogP contribution is -2.28. The van der Waals surface area contributed by atoms with Gasteiger partial charge in [-0.1, -0.05) is 18.2 Å². The summed E-state index contributed by atoms with van der Waals surface area (Å²) < 4.78 is 0. The van der Waals surface area contributed by atoms with Crippen molar-refractivity contribution in [1.82, 2.24) is 15.1 Å². The van der Waals surface area contributed by atoms with Gasteiger partial charge in [0.15, 0.2) is 11.5 Å². The zero-order chi connectivity index (χ0) is 13.8. The number of likely N-dealkylation sites (tertiary alicyclic amines) is 1. The van der Waals surface area contributed by atoms with Gasteiger partial charge in [-0.05, 0) is 37.1 Å². The van der Waals surface area contributed by atoms with E-state index in [9.17, 15) is 4.79 Å². The Morgan fingerprint density at radius 1 is 1.00 bits per heavy atom. The molecule has 102 valence electrons. The molecule has 3 rings (SSSR count). The maximum absolute atomic E-state index is 12.1. The molecule has 2 aromatic rings. The molecule has 0 aliphatic carbocycles. The molecule has 0 spiro atoms. The Morgan fingerprint density at radius 3 is 2.40 bits per heavy atom. The zero-order valence-electron chi connectivity index (χ0n) is 11.1. The molecule has 1 aliphatic rings. The lowest BCUT2D eigenvalue weighted by molar-refractivity contribution is 0.0786. The molecule has 0 atom stereocenters. The van der Waals surface area contributed by atoms with Crippen molar-refractivity contribution in [2.24, 2.45) is 0 Å². The molecule has 1 amide bonds. The van der Waals surface area contributed by atoms with E-state index in [0.717, 1.165) is 31.6 Å². The van der Waals surface area contributed by atoms with Gasteiger partial charge in [0.05, 0.1) is 0 Å². The van der Waals surface area contributed by atoms with Gasteiger partial charge in [-0.15, -0.1) is 10.2 Å². The second kappa shape index (κ2) is 5.69. The number of rotatable bonds is 3. The summed E-state index contributed by atoms with van der Waals surface area (Å²) in [6.45, 7) is 1.65. The summed E-state index contributed by atoms with van der Waals surface area (Å²) in [5, 5.41) is 11.2. The lowest BCUT2D eigenvalue weighted by Gasteiger charge is -2.14. The molecule has 1 aromatic heterocycles. The van der Waals surface area contributed by atoms with Crippen molar-refractivity contribution in [3.8, 4) is 0 Å². The summed E-state index contributed by atoms with van der Waals surface area (Å²) in [6, 6.07) is 13.2. The van der Waals surface area contributed by atoms with Crippen molar-refractivity contribution >= 4 is 17.4 Å². The SMILES string of the molecule is O=C(c1ccc(Nc2ccccc2)nn1)N1CCCC1. The number of nitrogens with zero attached hydrogens (tertiary/aromatic N) is 3. The summed E-state index contributed by atoms with van der Waals surface area (Å²) in [7, 11) is 0. The highest BCUT2D eigenvalue weighted by Crippen LogP contribution is 2.15. The lowest BCUT2D eigenvalue weighted by atomic mass is 10.3. The zero-order valence-corrected chi connectivity index (χ0v) is 11.1. The first kappa shape index (κ1) is 12.6. The van der Waals surface area contributed by atoms with Gasteiger partial charge < -0.3 is 10.2 Å². The van der Waals surface area contributed by atoms with Crippen LogP contribution in [0.15, 0.2) is 42.5 Å². The molecule has 1 aliphatic heterocycles. The van der Waals surface area contributed by atoms with Gasteiger partial charge >= 0.3 is 0 Å². The van der Waals surface area contributed by atoms with E-state index in [1.165, 1.54) is 0 Å². The van der Waals surface area contributed by atoms with Gasteiger partial charge in [0.1, 0.15) is 0 Å². The number of carbonyl (C=O) groups is 1. The van der Waals surface area contributed by atoms with Crippen LogP contribution in [0.5, 0.6) is 0 Å². The van der Waals surface area contributed by atoms with Gasteiger partial charge in [0.2, 0.25) is 0 Å². The van der Waals surface area contributed by atoms with E-state index in [1.54, 1.807) is 12.1 Å². The van der Waals surface area contributed by atoms with Crippen LogP contribution < -0.4 is 5.32 Å². The topological polar surface area (TPSA) is 58.1 Å². The number of aromatic nitrogens is 2. The van der Waals surface area contributed by atoms with Gasteiger partial charge in [-0.25, -0.2) is 0 Å². The Labute approximate surface area is 117 Å². The van der Waals surface area contributed by atoms with Crippen molar-refractivity contribution in [1.29, 1.82) is 0 Å². The Balaban J connectivity index is 1.69. The smallest absolute Gasteiger partial charge is 0.274 e. The highest BCUT2D eigenvalue weighted by Gasteiger charge is 2.20. The van der Waals surface area contributed by atoms with Crippen molar-refractivity contribution < 1.29 is 4.79 Å². The fourth-order valence-corrected chi connectivity index (χ4v) is 2.26. The molecule has 20 heavy (non-hydrogen) atoms. The molecule has 5 nitrogen and oxygen atoms in total. The van der Waals surface area contributed by atoms with E-state index in [-0.39, 0.29) is 5.91 Å². The van der Waals surface area contributed by atoms with E-state index in [0.29, 0.717) is 11.5 Å². The highest BCUT2D eigenvalue weighted by atomic mass is 16.2. The number of carbonyl (C=O) groups excluding carboxylic acids is 1. The molecule has 0 radical (unpaired) electrons. The number of anilines is 2. The fraction of sp³-hybridized carbons (Fsp3) is 0.267. The second-order valence-electron chi connectivity index (χ2n) is 4.79. The summed E-state index contributed by atoms with van der Waals surface area (Å²) in [6.07, 6.45) is 2.15. The van der Waals surface area contributed by atoms with Gasteiger partial charge in [-0.3, -0.25) is 4.79 Å². The molecule has 1 N–H and O–H groups in total. The van der Waals surface area contributed by atoms with Crippen LogP contribution in [0.4, 0.5) is 11.5 Å². The maximum Gasteiger partial charge on any atom is 0.274 e. The molecule has 5 heteroatoms. The van der Waals surface area contributed by atoms with Crippen LogP contribution in [0.2, 0.25) is 0 Å². The van der Waals surface area contributed by atoms with Crippen LogP contribution in [0, 0.1) is 0 Å². The predicted molar refractivity (Wildman–Crippen MR) is 76.9 cm³/mol. The Morgan fingerprint density at radius 2 is 1.75 bits per heavy atom. The van der Waals surface area contributed by atoms with E-state index in [4.69, 9.17) is 0 Å². The summed E-state index contributed by atoms with van der Waals surface area (Å²) in [4.78, 5) is 13.9. The molecule has 0 saturated carbocycles. The number of hydrogen-bond donors (Lipinski definition) is 1. The van der Waals surface area contributed by atoms with Gasteiger partial charge in [-0.2, -0.15) is 0 Å². The van der Waals surface area contributed by atoms with Crippen LogP contribution in [0.25, 0.3) is 0 Å². The summed E-state index contributed by atoms with van der Waals surface area (Å²) >= 11 is 0. The number of amides is 1. The largest absolute Gasteiger partial charge is 0.339 e. The molecule has 1 aromatic carbocycles. The minimum Gasteiger partial charge on any atom is -0.339 e. The van der Waals surface area contributed by atoms with Gasteiger partial charge in [0, 0.05) is 18.8 Å². The number of para-hydroxylation sites is 1. The van der Waals surface area contributed by atoms with Crippen molar-refractivity contribution in [3.05, 3.63) is 48.2 Å². The fourth-order valence-electron chi connectivity index (χ4n) is 2.26. The molecular weight excluding hydrogens is 252 g/mol. The third-order valence-electron chi connectivity index (χ3n) is 3.32. The van der Waals surface area contributed by atoms with Gasteiger partial charge in [0.25, 0.3) is 5.91 Å². The summed E-state index contributed by atoms with van der Waals surface area (Å²) in [5.41, 5.74) is 1.35. The third kappa shape index (κ3) is 2.77. The normalized spacial score (nSPS) is 14.3. The van der Waals surface area contributed by atoms with E-state index >= 15 is 0 Å². The van der Waals surface area contributed by atoms with Crippen LogP contribution in [0.1, 0.15) is 23.3 Å². The standard InChI is InChI=1S/C15H16N4O/c20-15(19-10-4-5-11-19)13-8-9-14(18-17-13)16-12-6-2-1-3-7-12/h1-3,6-9H,4-5,10-11H2,(H,16,18). The number of nitrogens with one attached hydrogen (secondary N) is 1. The number of benzene rings is 1. The maximum atomic E-state index is 12.1. The first-order chi connectivity index (χ1) is 9.83. The average Bonchev–Trinajstić information content (AvgIpc) is 3.03. The molecule has 1 saturated heterocycles. The molecule has 1 fully saturated rings. The van der Waals surface area contributed by atoms with Crippen LogP contribution in [-0.2, 0) is 0 Å². The minimum atomic E-state index is -0.0266. The Kier molecular flexibility index (Phi) is 3.58. The predicted octanol–water partition coefficient (Wildman–Crippen LogP) is 2.46. The summed E-state index contributed by atoms with van der Waals surface area (Å²) in [5.74, 6) is 0.607. The van der Waals surface area contributed by atoms with Crippen molar-refractivity contribution in [2.75, 3.05) is 18.4 Å². The monoisotopic (exact) mass is 268 g/mol. The quantitative estimate of drug-likeness (QED) is 0.929. The second-order valence-corrected chi connectivity index (χ2v) is 4.79. The van der Waals surface area contributed by atoms with E-state index in [2.05, 4.69) is 15.5 Å². The highest BCUT2D eigenvalue weighted by molar-refractivity contribution is 5.92. The molecular formula is C15H16N4O. The van der Waals surface area contributed by atoms with Crippen molar-refractivity contribution in [2.45, 2.75) is 12.8 Å². The first-order valence-corrected chi connectivity index (χ1v) is 6.78. The Bertz CT molecular complexity index is 577. The minimum absolute atomic E-state index is 0.0266. The van der Waals surface area contributed by atoms with E-state index < -0.39 is 0 Å². The molecule has 0 bridgehead atoms. The first-order valence-electron chi connectivity index (χ1n) is 6.78.